The fourth-order valence-electron chi connectivity index (χ4n) is 2.57. The molecule has 0 radical (unpaired) electrons. The second-order valence-corrected chi connectivity index (χ2v) is 7.76. The summed E-state index contributed by atoms with van der Waals surface area (Å²) in [4.78, 5) is 25.8. The third-order valence-electron chi connectivity index (χ3n) is 3.99. The summed E-state index contributed by atoms with van der Waals surface area (Å²) in [6, 6.07) is 13.1. The van der Waals surface area contributed by atoms with Crippen LogP contribution in [-0.2, 0) is 5.41 Å². The maximum Gasteiger partial charge on any atom is 0.272 e. The Balaban J connectivity index is 1.89. The molecule has 0 atom stereocenters. The maximum absolute atomic E-state index is 12.4. The quantitative estimate of drug-likeness (QED) is 0.598. The summed E-state index contributed by atoms with van der Waals surface area (Å²) in [7, 11) is 0. The number of hydrogen-bond acceptors (Lipinski definition) is 3. The molecule has 2 amide bonds. The lowest BCUT2D eigenvalue weighted by atomic mass is 9.86. The fourth-order valence-corrected chi connectivity index (χ4v) is 3.46. The molecule has 2 aromatic carbocycles. The second kappa shape index (κ2) is 5.53. The van der Waals surface area contributed by atoms with Crippen LogP contribution in [-0.4, -0.2) is 16.1 Å². The Bertz CT molecular complexity index is 770. The Kier molecular flexibility index (Phi) is 3.80. The Morgan fingerprint density at radius 2 is 1.48 bits per heavy atom. The minimum absolute atomic E-state index is 0.0729. The first-order chi connectivity index (χ1) is 10.8. The molecule has 3 nitrogen and oxygen atoms in total. The van der Waals surface area contributed by atoms with E-state index < -0.39 is 0 Å². The minimum atomic E-state index is -0.241. The number of rotatable bonds is 2. The molecule has 4 heteroatoms. The molecule has 3 rings (SSSR count). The first-order valence-corrected chi connectivity index (χ1v) is 8.33. The van der Waals surface area contributed by atoms with Gasteiger partial charge in [-0.05, 0) is 53.6 Å². The van der Waals surface area contributed by atoms with E-state index in [-0.39, 0.29) is 17.2 Å². The van der Waals surface area contributed by atoms with Crippen LogP contribution in [0.3, 0.4) is 0 Å². The number of imide groups is 1. The van der Waals surface area contributed by atoms with Crippen LogP contribution >= 0.6 is 11.9 Å². The number of aryl methyl sites for hydroxylation is 1. The van der Waals surface area contributed by atoms with Crippen LogP contribution in [0.4, 0.5) is 0 Å². The third-order valence-corrected chi connectivity index (χ3v) is 5.16. The van der Waals surface area contributed by atoms with E-state index in [2.05, 4.69) is 32.9 Å². The van der Waals surface area contributed by atoms with Gasteiger partial charge in [0, 0.05) is 4.90 Å². The van der Waals surface area contributed by atoms with E-state index in [0.717, 1.165) is 10.5 Å². The highest BCUT2D eigenvalue weighted by atomic mass is 32.2. The van der Waals surface area contributed by atoms with Gasteiger partial charge in [0.2, 0.25) is 0 Å². The number of carbonyl (C=O) groups excluding carboxylic acids is 2. The largest absolute Gasteiger partial charge is 0.272 e. The molecule has 1 aliphatic rings. The van der Waals surface area contributed by atoms with Crippen LogP contribution in [0.25, 0.3) is 0 Å². The Labute approximate surface area is 140 Å². The fraction of sp³-hybridized carbons (Fsp3) is 0.263. The minimum Gasteiger partial charge on any atom is -0.268 e. The van der Waals surface area contributed by atoms with E-state index >= 15 is 0 Å². The van der Waals surface area contributed by atoms with Gasteiger partial charge in [0.15, 0.2) is 0 Å². The summed E-state index contributed by atoms with van der Waals surface area (Å²) in [5, 5.41) is 0. The topological polar surface area (TPSA) is 37.4 Å². The predicted octanol–water partition coefficient (Wildman–Crippen LogP) is 4.60. The van der Waals surface area contributed by atoms with Crippen LogP contribution in [0.15, 0.2) is 47.4 Å². The second-order valence-electron chi connectivity index (χ2n) is 6.77. The molecule has 0 aliphatic carbocycles. The summed E-state index contributed by atoms with van der Waals surface area (Å²) in [5.41, 5.74) is 3.34. The van der Waals surface area contributed by atoms with E-state index in [0.29, 0.717) is 11.1 Å². The van der Waals surface area contributed by atoms with Gasteiger partial charge in [-0.2, -0.15) is 0 Å². The van der Waals surface area contributed by atoms with Gasteiger partial charge in [0.05, 0.1) is 11.1 Å². The zero-order valence-electron chi connectivity index (χ0n) is 13.7. The monoisotopic (exact) mass is 325 g/mol. The first-order valence-electron chi connectivity index (χ1n) is 7.56. The summed E-state index contributed by atoms with van der Waals surface area (Å²) in [5.74, 6) is -0.482. The van der Waals surface area contributed by atoms with Crippen molar-refractivity contribution < 1.29 is 9.59 Å². The maximum atomic E-state index is 12.4. The molecular formula is C19H19NO2S. The van der Waals surface area contributed by atoms with Crippen molar-refractivity contribution in [3.05, 3.63) is 64.7 Å². The van der Waals surface area contributed by atoms with Gasteiger partial charge in [-0.3, -0.25) is 9.59 Å². The lowest BCUT2D eigenvalue weighted by Crippen LogP contribution is -2.22. The normalized spacial score (nSPS) is 14.3. The van der Waals surface area contributed by atoms with Crippen molar-refractivity contribution in [2.45, 2.75) is 38.0 Å². The third kappa shape index (κ3) is 2.79. The van der Waals surface area contributed by atoms with E-state index in [1.165, 1.54) is 21.8 Å². The number of hydrogen-bond donors (Lipinski definition) is 0. The van der Waals surface area contributed by atoms with E-state index in [1.54, 1.807) is 24.3 Å². The molecule has 0 fully saturated rings. The molecule has 2 aromatic rings. The van der Waals surface area contributed by atoms with Crippen molar-refractivity contribution in [2.75, 3.05) is 0 Å². The molecule has 1 heterocycles. The van der Waals surface area contributed by atoms with Gasteiger partial charge in [0.25, 0.3) is 11.8 Å². The van der Waals surface area contributed by atoms with Gasteiger partial charge in [-0.1, -0.05) is 45.0 Å². The van der Waals surface area contributed by atoms with Crippen LogP contribution in [0, 0.1) is 6.92 Å². The molecule has 0 bridgehead atoms. The first kappa shape index (κ1) is 15.8. The standard InChI is InChI=1S/C19H19NO2S/c1-12-11-13(19(2,3)4)9-10-16(12)23-20-17(21)14-7-5-6-8-15(14)18(20)22/h5-11H,1-4H3. The van der Waals surface area contributed by atoms with Gasteiger partial charge >= 0.3 is 0 Å². The van der Waals surface area contributed by atoms with Crippen LogP contribution < -0.4 is 0 Å². The Morgan fingerprint density at radius 3 is 1.96 bits per heavy atom. The van der Waals surface area contributed by atoms with Crippen LogP contribution in [0.1, 0.15) is 52.6 Å². The predicted molar refractivity (Wildman–Crippen MR) is 92.7 cm³/mol. The van der Waals surface area contributed by atoms with Gasteiger partial charge in [-0.25, -0.2) is 4.31 Å². The number of carbonyl (C=O) groups is 2. The van der Waals surface area contributed by atoms with E-state index in [4.69, 9.17) is 0 Å². The average Bonchev–Trinajstić information content (AvgIpc) is 2.73. The lowest BCUT2D eigenvalue weighted by Gasteiger charge is -2.21. The molecule has 1 aliphatic heterocycles. The Morgan fingerprint density at radius 1 is 0.913 bits per heavy atom. The highest BCUT2D eigenvalue weighted by Crippen LogP contribution is 2.35. The molecule has 0 saturated carbocycles. The zero-order chi connectivity index (χ0) is 16.8. The van der Waals surface area contributed by atoms with Crippen molar-refractivity contribution in [3.8, 4) is 0 Å². The molecule has 118 valence electrons. The number of fused-ring (bicyclic) bond motifs is 1. The van der Waals surface area contributed by atoms with Crippen LogP contribution in [0.2, 0.25) is 0 Å². The van der Waals surface area contributed by atoms with Crippen molar-refractivity contribution >= 4 is 23.8 Å². The molecule has 0 spiro atoms. The number of nitrogens with zero attached hydrogens (tertiary/aromatic N) is 1. The number of benzene rings is 2. The molecule has 0 N–H and O–H groups in total. The van der Waals surface area contributed by atoms with Gasteiger partial charge < -0.3 is 0 Å². The molecule has 0 unspecified atom stereocenters. The summed E-state index contributed by atoms with van der Waals surface area (Å²) in [6.45, 7) is 8.51. The molecular weight excluding hydrogens is 306 g/mol. The summed E-state index contributed by atoms with van der Waals surface area (Å²) in [6.07, 6.45) is 0. The van der Waals surface area contributed by atoms with Crippen molar-refractivity contribution in [3.63, 3.8) is 0 Å². The smallest absolute Gasteiger partial charge is 0.268 e. The van der Waals surface area contributed by atoms with Crippen molar-refractivity contribution in [2.24, 2.45) is 0 Å². The van der Waals surface area contributed by atoms with Gasteiger partial charge in [0.1, 0.15) is 0 Å². The van der Waals surface area contributed by atoms with E-state index in [1.807, 2.05) is 13.0 Å². The summed E-state index contributed by atoms with van der Waals surface area (Å²) >= 11 is 1.20. The SMILES string of the molecule is Cc1cc(C(C)(C)C)ccc1SN1C(=O)c2ccccc2C1=O. The van der Waals surface area contributed by atoms with E-state index in [9.17, 15) is 9.59 Å². The van der Waals surface area contributed by atoms with Gasteiger partial charge in [-0.15, -0.1) is 0 Å². The van der Waals surface area contributed by atoms with Crippen LogP contribution in [0.5, 0.6) is 0 Å². The number of amides is 2. The average molecular weight is 325 g/mol. The molecule has 0 saturated heterocycles. The molecule has 0 aromatic heterocycles. The van der Waals surface area contributed by atoms with Crippen molar-refractivity contribution in [1.82, 2.24) is 4.31 Å². The van der Waals surface area contributed by atoms with Crippen molar-refractivity contribution in [1.29, 1.82) is 0 Å². The zero-order valence-corrected chi connectivity index (χ0v) is 14.5. The highest BCUT2D eigenvalue weighted by Gasteiger charge is 2.36. The molecule has 23 heavy (non-hydrogen) atoms. The Hall–Kier alpha value is -2.07. The highest BCUT2D eigenvalue weighted by molar-refractivity contribution is 7.98. The summed E-state index contributed by atoms with van der Waals surface area (Å²) < 4.78 is 1.25. The lowest BCUT2D eigenvalue weighted by molar-refractivity contribution is 0.0777.